The van der Waals surface area contributed by atoms with Crippen LogP contribution in [0.3, 0.4) is 0 Å². The van der Waals surface area contributed by atoms with Crippen LogP contribution in [0, 0.1) is 0 Å². The minimum absolute atomic E-state index is 0.694. The van der Waals surface area contributed by atoms with Crippen LogP contribution in [0.25, 0.3) is 0 Å². The number of aromatic nitrogens is 2. The van der Waals surface area contributed by atoms with Crippen LogP contribution >= 0.6 is 11.6 Å². The highest BCUT2D eigenvalue weighted by Gasteiger charge is 2.08. The van der Waals surface area contributed by atoms with E-state index in [0.717, 1.165) is 30.1 Å². The molecular weight excluding hydrogens is 260 g/mol. The van der Waals surface area contributed by atoms with Crippen molar-refractivity contribution in [2.75, 3.05) is 18.4 Å². The van der Waals surface area contributed by atoms with Gasteiger partial charge in [0, 0.05) is 25.0 Å². The average Bonchev–Trinajstić information content (AvgIpc) is 2.74. The van der Waals surface area contributed by atoms with Gasteiger partial charge < -0.3 is 11.1 Å². The third kappa shape index (κ3) is 3.72. The molecule has 2 aromatic rings. The first-order valence-corrected chi connectivity index (χ1v) is 6.77. The van der Waals surface area contributed by atoms with Crippen molar-refractivity contribution in [2.24, 2.45) is 12.8 Å². The Bertz CT molecular complexity index is 519. The molecule has 0 radical (unpaired) electrons. The van der Waals surface area contributed by atoms with Crippen molar-refractivity contribution in [3.8, 4) is 0 Å². The molecule has 1 heterocycles. The van der Waals surface area contributed by atoms with E-state index in [1.54, 1.807) is 0 Å². The quantitative estimate of drug-likeness (QED) is 0.798. The maximum Gasteiger partial charge on any atom is 0.0762 e. The van der Waals surface area contributed by atoms with Crippen molar-refractivity contribution in [1.29, 1.82) is 0 Å². The lowest BCUT2D eigenvalue weighted by Gasteiger charge is -2.08. The minimum atomic E-state index is 0.694. The Morgan fingerprint density at radius 1 is 1.32 bits per heavy atom. The van der Waals surface area contributed by atoms with E-state index in [-0.39, 0.29) is 0 Å². The maximum atomic E-state index is 5.90. The zero-order valence-corrected chi connectivity index (χ0v) is 11.8. The summed E-state index contributed by atoms with van der Waals surface area (Å²) in [6.45, 7) is 1.57. The number of anilines is 1. The van der Waals surface area contributed by atoms with E-state index < -0.39 is 0 Å². The molecule has 0 saturated carbocycles. The molecule has 0 aliphatic heterocycles. The van der Waals surface area contributed by atoms with Gasteiger partial charge in [-0.05, 0) is 30.7 Å². The molecule has 4 nitrogen and oxygen atoms in total. The number of nitrogens with two attached hydrogens (primary N) is 1. The van der Waals surface area contributed by atoms with Gasteiger partial charge in [0.1, 0.15) is 0 Å². The van der Waals surface area contributed by atoms with E-state index in [4.69, 9.17) is 17.3 Å². The Kier molecular flexibility index (Phi) is 4.82. The smallest absolute Gasteiger partial charge is 0.0762 e. The van der Waals surface area contributed by atoms with E-state index in [2.05, 4.69) is 10.4 Å². The molecule has 1 aromatic heterocycles. The molecule has 0 unspecified atom stereocenters. The molecule has 0 aliphatic carbocycles. The van der Waals surface area contributed by atoms with Gasteiger partial charge in [-0.15, -0.1) is 0 Å². The standard InChI is InChI=1S/C14H19ClN4/c1-19-14(9-11-3-5-12(15)6-4-11)13(10-18-19)17-8-2-7-16/h3-6,10,17H,2,7-9,16H2,1H3. The Morgan fingerprint density at radius 2 is 2.05 bits per heavy atom. The Balaban J connectivity index is 2.10. The first kappa shape index (κ1) is 13.9. The molecule has 2 rings (SSSR count). The molecule has 0 atom stereocenters. The van der Waals surface area contributed by atoms with Crippen LogP contribution in [0.2, 0.25) is 5.02 Å². The topological polar surface area (TPSA) is 55.9 Å². The summed E-state index contributed by atoms with van der Waals surface area (Å²) in [5.74, 6) is 0. The van der Waals surface area contributed by atoms with E-state index in [0.29, 0.717) is 6.54 Å². The molecule has 5 heteroatoms. The summed E-state index contributed by atoms with van der Waals surface area (Å²) in [5.41, 5.74) is 8.96. The van der Waals surface area contributed by atoms with Crippen LogP contribution in [0.5, 0.6) is 0 Å². The van der Waals surface area contributed by atoms with Gasteiger partial charge in [-0.3, -0.25) is 4.68 Å². The van der Waals surface area contributed by atoms with Crippen LogP contribution in [-0.2, 0) is 13.5 Å². The third-order valence-electron chi connectivity index (χ3n) is 3.04. The lowest BCUT2D eigenvalue weighted by Crippen LogP contribution is -2.10. The van der Waals surface area contributed by atoms with E-state index in [9.17, 15) is 0 Å². The Labute approximate surface area is 118 Å². The van der Waals surface area contributed by atoms with Crippen LogP contribution < -0.4 is 11.1 Å². The second kappa shape index (κ2) is 6.59. The fraction of sp³-hybridized carbons (Fsp3) is 0.357. The van der Waals surface area contributed by atoms with E-state index in [1.165, 1.54) is 11.3 Å². The predicted molar refractivity (Wildman–Crippen MR) is 79.6 cm³/mol. The van der Waals surface area contributed by atoms with Gasteiger partial charge in [-0.25, -0.2) is 0 Å². The first-order chi connectivity index (χ1) is 9.20. The SMILES string of the molecule is Cn1ncc(NCCCN)c1Cc1ccc(Cl)cc1. The number of aryl methyl sites for hydroxylation is 1. The van der Waals surface area contributed by atoms with E-state index >= 15 is 0 Å². The average molecular weight is 279 g/mol. The van der Waals surface area contributed by atoms with Crippen LogP contribution in [-0.4, -0.2) is 22.9 Å². The van der Waals surface area contributed by atoms with Gasteiger partial charge in [-0.1, -0.05) is 23.7 Å². The number of hydrogen-bond acceptors (Lipinski definition) is 3. The molecule has 0 aliphatic rings. The van der Waals surface area contributed by atoms with Gasteiger partial charge in [0.05, 0.1) is 17.6 Å². The highest BCUT2D eigenvalue weighted by molar-refractivity contribution is 6.30. The molecular formula is C14H19ClN4. The highest BCUT2D eigenvalue weighted by Crippen LogP contribution is 2.19. The van der Waals surface area contributed by atoms with Crippen LogP contribution in [0.4, 0.5) is 5.69 Å². The molecule has 0 bridgehead atoms. The van der Waals surface area contributed by atoms with Crippen molar-refractivity contribution in [3.05, 3.63) is 46.7 Å². The van der Waals surface area contributed by atoms with Gasteiger partial charge in [0.25, 0.3) is 0 Å². The van der Waals surface area contributed by atoms with Crippen molar-refractivity contribution >= 4 is 17.3 Å². The monoisotopic (exact) mass is 278 g/mol. The number of rotatable bonds is 6. The van der Waals surface area contributed by atoms with Gasteiger partial charge in [-0.2, -0.15) is 5.10 Å². The second-order valence-electron chi connectivity index (χ2n) is 4.50. The number of benzene rings is 1. The summed E-state index contributed by atoms with van der Waals surface area (Å²) in [5, 5.41) is 8.44. The van der Waals surface area contributed by atoms with Gasteiger partial charge in [0.2, 0.25) is 0 Å². The number of nitrogens with one attached hydrogen (secondary N) is 1. The van der Waals surface area contributed by atoms with Gasteiger partial charge in [0.15, 0.2) is 0 Å². The van der Waals surface area contributed by atoms with Gasteiger partial charge >= 0.3 is 0 Å². The molecule has 3 N–H and O–H groups in total. The fourth-order valence-electron chi connectivity index (χ4n) is 1.94. The Morgan fingerprint density at radius 3 is 2.74 bits per heavy atom. The Hall–Kier alpha value is -1.52. The van der Waals surface area contributed by atoms with Crippen molar-refractivity contribution in [2.45, 2.75) is 12.8 Å². The predicted octanol–water partition coefficient (Wildman–Crippen LogP) is 2.43. The summed E-state index contributed by atoms with van der Waals surface area (Å²) in [6, 6.07) is 7.90. The molecule has 0 saturated heterocycles. The highest BCUT2D eigenvalue weighted by atomic mass is 35.5. The maximum absolute atomic E-state index is 5.90. The third-order valence-corrected chi connectivity index (χ3v) is 3.29. The number of nitrogens with zero attached hydrogens (tertiary/aromatic N) is 2. The molecule has 0 spiro atoms. The summed E-state index contributed by atoms with van der Waals surface area (Å²) in [7, 11) is 1.96. The molecule has 0 amide bonds. The lowest BCUT2D eigenvalue weighted by atomic mass is 10.1. The van der Waals surface area contributed by atoms with Crippen molar-refractivity contribution < 1.29 is 0 Å². The fourth-order valence-corrected chi connectivity index (χ4v) is 2.07. The first-order valence-electron chi connectivity index (χ1n) is 6.40. The second-order valence-corrected chi connectivity index (χ2v) is 4.94. The summed E-state index contributed by atoms with van der Waals surface area (Å²) in [6.07, 6.45) is 3.65. The van der Waals surface area contributed by atoms with E-state index in [1.807, 2.05) is 42.2 Å². The summed E-state index contributed by atoms with van der Waals surface area (Å²) < 4.78 is 1.90. The van der Waals surface area contributed by atoms with Crippen molar-refractivity contribution in [3.63, 3.8) is 0 Å². The number of halogens is 1. The summed E-state index contributed by atoms with van der Waals surface area (Å²) >= 11 is 5.90. The van der Waals surface area contributed by atoms with Crippen LogP contribution in [0.1, 0.15) is 17.7 Å². The largest absolute Gasteiger partial charge is 0.382 e. The zero-order valence-electron chi connectivity index (χ0n) is 11.1. The minimum Gasteiger partial charge on any atom is -0.382 e. The summed E-state index contributed by atoms with van der Waals surface area (Å²) in [4.78, 5) is 0. The number of hydrogen-bond donors (Lipinski definition) is 2. The molecule has 0 fully saturated rings. The zero-order chi connectivity index (χ0) is 13.7. The lowest BCUT2D eigenvalue weighted by molar-refractivity contribution is 0.724. The van der Waals surface area contributed by atoms with Crippen LogP contribution in [0.15, 0.2) is 30.5 Å². The van der Waals surface area contributed by atoms with Crippen molar-refractivity contribution in [1.82, 2.24) is 9.78 Å². The molecule has 19 heavy (non-hydrogen) atoms. The molecule has 1 aromatic carbocycles. The normalized spacial score (nSPS) is 10.7. The molecule has 102 valence electrons.